The highest BCUT2D eigenvalue weighted by molar-refractivity contribution is 5.39. The van der Waals surface area contributed by atoms with Crippen molar-refractivity contribution in [2.75, 3.05) is 7.11 Å². The summed E-state index contributed by atoms with van der Waals surface area (Å²) in [6, 6.07) is 6.35. The third-order valence-corrected chi connectivity index (χ3v) is 3.57. The zero-order chi connectivity index (χ0) is 13.5. The van der Waals surface area contributed by atoms with Crippen LogP contribution in [0.1, 0.15) is 56.7 Å². The minimum absolute atomic E-state index is 0.0831. The van der Waals surface area contributed by atoms with Gasteiger partial charge in [-0.1, -0.05) is 44.4 Å². The Morgan fingerprint density at radius 1 is 1.17 bits per heavy atom. The van der Waals surface area contributed by atoms with Crippen molar-refractivity contribution in [1.82, 2.24) is 0 Å². The molecule has 0 aliphatic rings. The molecule has 0 radical (unpaired) electrons. The van der Waals surface area contributed by atoms with Gasteiger partial charge in [0.05, 0.1) is 7.11 Å². The summed E-state index contributed by atoms with van der Waals surface area (Å²) in [6.07, 6.45) is 4.75. The highest BCUT2D eigenvalue weighted by Gasteiger charge is 2.21. The Bertz CT molecular complexity index is 356. The van der Waals surface area contributed by atoms with Crippen LogP contribution in [-0.2, 0) is 0 Å². The Balaban J connectivity index is 2.98. The van der Waals surface area contributed by atoms with Crippen LogP contribution in [-0.4, -0.2) is 7.11 Å². The van der Waals surface area contributed by atoms with Gasteiger partial charge in [0.2, 0.25) is 0 Å². The molecule has 0 aliphatic heterocycles. The van der Waals surface area contributed by atoms with E-state index in [-0.39, 0.29) is 6.04 Å². The Hall–Kier alpha value is -1.02. The molecule has 0 bridgehead atoms. The molecule has 18 heavy (non-hydrogen) atoms. The zero-order valence-electron chi connectivity index (χ0n) is 12.2. The summed E-state index contributed by atoms with van der Waals surface area (Å²) in [4.78, 5) is 0. The van der Waals surface area contributed by atoms with Gasteiger partial charge in [-0.2, -0.15) is 0 Å². The fourth-order valence-corrected chi connectivity index (χ4v) is 2.61. The highest BCUT2D eigenvalue weighted by atomic mass is 16.5. The molecule has 1 unspecified atom stereocenters. The van der Waals surface area contributed by atoms with E-state index in [2.05, 4.69) is 32.9 Å². The molecule has 2 nitrogen and oxygen atoms in total. The molecular formula is C16H27NO. The number of hydrogen-bond donors (Lipinski definition) is 1. The van der Waals surface area contributed by atoms with E-state index < -0.39 is 0 Å². The molecule has 102 valence electrons. The van der Waals surface area contributed by atoms with E-state index in [1.807, 2.05) is 6.07 Å². The molecule has 1 aromatic rings. The van der Waals surface area contributed by atoms with Crippen LogP contribution in [0.2, 0.25) is 0 Å². The summed E-state index contributed by atoms with van der Waals surface area (Å²) in [5.41, 5.74) is 8.88. The standard InChI is InChI=1S/C16H27NO/c1-5-7-13(8-6-2)16(17)14-11-12(3)9-10-15(14)18-4/h9-11,13,16H,5-8,17H2,1-4H3. The van der Waals surface area contributed by atoms with Gasteiger partial charge in [-0.25, -0.2) is 0 Å². The third-order valence-electron chi connectivity index (χ3n) is 3.57. The second kappa shape index (κ2) is 7.42. The van der Waals surface area contributed by atoms with E-state index >= 15 is 0 Å². The molecule has 0 saturated heterocycles. The SMILES string of the molecule is CCCC(CCC)C(N)c1cc(C)ccc1OC. The second-order valence-electron chi connectivity index (χ2n) is 5.11. The summed E-state index contributed by atoms with van der Waals surface area (Å²) < 4.78 is 5.45. The third kappa shape index (κ3) is 3.74. The number of methoxy groups -OCH3 is 1. The molecule has 0 spiro atoms. The lowest BCUT2D eigenvalue weighted by atomic mass is 9.86. The molecule has 0 heterocycles. The smallest absolute Gasteiger partial charge is 0.123 e. The normalized spacial score (nSPS) is 12.8. The average molecular weight is 249 g/mol. The molecule has 1 aromatic carbocycles. The van der Waals surface area contributed by atoms with Crippen LogP contribution >= 0.6 is 0 Å². The minimum Gasteiger partial charge on any atom is -0.496 e. The van der Waals surface area contributed by atoms with E-state index in [1.54, 1.807) is 7.11 Å². The second-order valence-corrected chi connectivity index (χ2v) is 5.11. The molecule has 1 rings (SSSR count). The van der Waals surface area contributed by atoms with Crippen molar-refractivity contribution in [2.45, 2.75) is 52.5 Å². The quantitative estimate of drug-likeness (QED) is 0.785. The molecule has 0 aromatic heterocycles. The van der Waals surface area contributed by atoms with Crippen molar-refractivity contribution >= 4 is 0 Å². The van der Waals surface area contributed by atoms with E-state index in [9.17, 15) is 0 Å². The summed E-state index contributed by atoms with van der Waals surface area (Å²) in [7, 11) is 1.72. The average Bonchev–Trinajstić information content (AvgIpc) is 2.37. The molecule has 1 atom stereocenters. The van der Waals surface area contributed by atoms with E-state index in [0.717, 1.165) is 11.3 Å². The van der Waals surface area contributed by atoms with Crippen LogP contribution < -0.4 is 10.5 Å². The number of ether oxygens (including phenoxy) is 1. The van der Waals surface area contributed by atoms with Gasteiger partial charge in [-0.3, -0.25) is 0 Å². The summed E-state index contributed by atoms with van der Waals surface area (Å²) in [5.74, 6) is 1.47. The molecule has 0 amide bonds. The van der Waals surface area contributed by atoms with Crippen molar-refractivity contribution in [3.05, 3.63) is 29.3 Å². The highest BCUT2D eigenvalue weighted by Crippen LogP contribution is 2.33. The van der Waals surface area contributed by atoms with Crippen molar-refractivity contribution in [1.29, 1.82) is 0 Å². The number of benzene rings is 1. The van der Waals surface area contributed by atoms with Crippen LogP contribution in [0.4, 0.5) is 0 Å². The first-order valence-electron chi connectivity index (χ1n) is 7.04. The van der Waals surface area contributed by atoms with Gasteiger partial charge in [0, 0.05) is 11.6 Å². The minimum atomic E-state index is 0.0831. The zero-order valence-corrected chi connectivity index (χ0v) is 12.2. The van der Waals surface area contributed by atoms with Gasteiger partial charge in [-0.15, -0.1) is 0 Å². The van der Waals surface area contributed by atoms with Crippen LogP contribution in [0.3, 0.4) is 0 Å². The predicted molar refractivity (Wildman–Crippen MR) is 78.0 cm³/mol. The number of nitrogens with two attached hydrogens (primary N) is 1. The molecule has 2 N–H and O–H groups in total. The van der Waals surface area contributed by atoms with Crippen molar-refractivity contribution in [3.8, 4) is 5.75 Å². The maximum absolute atomic E-state index is 6.48. The van der Waals surface area contributed by atoms with Gasteiger partial charge in [0.1, 0.15) is 5.75 Å². The van der Waals surface area contributed by atoms with Crippen LogP contribution in [0, 0.1) is 12.8 Å². The van der Waals surface area contributed by atoms with Crippen LogP contribution in [0.25, 0.3) is 0 Å². The van der Waals surface area contributed by atoms with Gasteiger partial charge in [0.25, 0.3) is 0 Å². The molecule has 0 fully saturated rings. The Kier molecular flexibility index (Phi) is 6.20. The van der Waals surface area contributed by atoms with Gasteiger partial charge >= 0.3 is 0 Å². The molecule has 2 heteroatoms. The Morgan fingerprint density at radius 3 is 2.28 bits per heavy atom. The van der Waals surface area contributed by atoms with Crippen LogP contribution in [0.15, 0.2) is 18.2 Å². The first-order valence-corrected chi connectivity index (χ1v) is 7.04. The van der Waals surface area contributed by atoms with Crippen molar-refractivity contribution in [3.63, 3.8) is 0 Å². The summed E-state index contributed by atoms with van der Waals surface area (Å²) in [5, 5.41) is 0. The number of aryl methyl sites for hydroxylation is 1. The maximum Gasteiger partial charge on any atom is 0.123 e. The summed E-state index contributed by atoms with van der Waals surface area (Å²) >= 11 is 0. The fourth-order valence-electron chi connectivity index (χ4n) is 2.61. The van der Waals surface area contributed by atoms with Crippen LogP contribution in [0.5, 0.6) is 5.75 Å². The van der Waals surface area contributed by atoms with E-state index in [1.165, 1.54) is 31.2 Å². The number of hydrogen-bond acceptors (Lipinski definition) is 2. The van der Waals surface area contributed by atoms with Gasteiger partial charge in [-0.05, 0) is 31.7 Å². The fraction of sp³-hybridized carbons (Fsp3) is 0.625. The molecule has 0 aliphatic carbocycles. The van der Waals surface area contributed by atoms with Crippen molar-refractivity contribution < 1.29 is 4.74 Å². The first kappa shape index (κ1) is 15.0. The lowest BCUT2D eigenvalue weighted by Gasteiger charge is -2.25. The largest absolute Gasteiger partial charge is 0.496 e. The van der Waals surface area contributed by atoms with Crippen molar-refractivity contribution in [2.24, 2.45) is 11.7 Å². The maximum atomic E-state index is 6.48. The lowest BCUT2D eigenvalue weighted by molar-refractivity contribution is 0.350. The monoisotopic (exact) mass is 249 g/mol. The molecular weight excluding hydrogens is 222 g/mol. The summed E-state index contributed by atoms with van der Waals surface area (Å²) in [6.45, 7) is 6.55. The Morgan fingerprint density at radius 2 is 1.78 bits per heavy atom. The van der Waals surface area contributed by atoms with Gasteiger partial charge in [0.15, 0.2) is 0 Å². The predicted octanol–water partition coefficient (Wildman–Crippen LogP) is 4.22. The molecule has 0 saturated carbocycles. The lowest BCUT2D eigenvalue weighted by Crippen LogP contribution is -2.22. The topological polar surface area (TPSA) is 35.2 Å². The Labute approximate surface area is 112 Å². The van der Waals surface area contributed by atoms with E-state index in [4.69, 9.17) is 10.5 Å². The van der Waals surface area contributed by atoms with Gasteiger partial charge < -0.3 is 10.5 Å². The first-order chi connectivity index (χ1) is 8.63. The number of rotatable bonds is 7. The van der Waals surface area contributed by atoms with E-state index in [0.29, 0.717) is 5.92 Å².